The first-order valence-electron chi connectivity index (χ1n) is 8.60. The lowest BCUT2D eigenvalue weighted by atomic mass is 10.1. The summed E-state index contributed by atoms with van der Waals surface area (Å²) >= 11 is 0. The summed E-state index contributed by atoms with van der Waals surface area (Å²) in [5.41, 5.74) is 2.99. The van der Waals surface area contributed by atoms with Crippen LogP contribution in [0.5, 0.6) is 5.75 Å². The van der Waals surface area contributed by atoms with Crippen LogP contribution in [0.1, 0.15) is 15.9 Å². The van der Waals surface area contributed by atoms with Crippen molar-refractivity contribution >= 4 is 11.6 Å². The topological polar surface area (TPSA) is 50.8 Å². The van der Waals surface area contributed by atoms with Crippen molar-refractivity contribution in [3.05, 3.63) is 59.7 Å². The molecule has 1 heterocycles. The third kappa shape index (κ3) is 4.73. The van der Waals surface area contributed by atoms with Gasteiger partial charge in [0.2, 0.25) is 0 Å². The van der Waals surface area contributed by atoms with Gasteiger partial charge in [0.15, 0.2) is 0 Å². The van der Waals surface area contributed by atoms with E-state index < -0.39 is 0 Å². The molecule has 1 aliphatic rings. The predicted octanol–water partition coefficient (Wildman–Crippen LogP) is 2.50. The SMILES string of the molecule is COc1ccc(CCNC(=O)c2ccc(N3CCOCC3)cc2)cc1. The first-order valence-corrected chi connectivity index (χ1v) is 8.60. The van der Waals surface area contributed by atoms with Crippen LogP contribution in [0.3, 0.4) is 0 Å². The first kappa shape index (κ1) is 17.3. The summed E-state index contributed by atoms with van der Waals surface area (Å²) in [5.74, 6) is 0.801. The lowest BCUT2D eigenvalue weighted by Crippen LogP contribution is -2.36. The Morgan fingerprint density at radius 1 is 1.08 bits per heavy atom. The number of anilines is 1. The summed E-state index contributed by atoms with van der Waals surface area (Å²) in [4.78, 5) is 14.5. The van der Waals surface area contributed by atoms with Gasteiger partial charge in [0, 0.05) is 30.9 Å². The van der Waals surface area contributed by atoms with E-state index in [0.717, 1.165) is 44.2 Å². The summed E-state index contributed by atoms with van der Waals surface area (Å²) in [6.07, 6.45) is 0.793. The van der Waals surface area contributed by atoms with Crippen LogP contribution < -0.4 is 15.0 Å². The molecule has 2 aromatic carbocycles. The van der Waals surface area contributed by atoms with E-state index in [1.165, 1.54) is 5.56 Å². The number of hydrogen-bond donors (Lipinski definition) is 1. The van der Waals surface area contributed by atoms with Crippen LogP contribution in [0.25, 0.3) is 0 Å². The quantitative estimate of drug-likeness (QED) is 0.878. The van der Waals surface area contributed by atoms with Crippen LogP contribution in [-0.4, -0.2) is 45.9 Å². The molecular weight excluding hydrogens is 316 g/mol. The summed E-state index contributed by atoms with van der Waals surface area (Å²) in [7, 11) is 1.65. The Labute approximate surface area is 148 Å². The van der Waals surface area contributed by atoms with Crippen LogP contribution >= 0.6 is 0 Å². The van der Waals surface area contributed by atoms with Gasteiger partial charge in [-0.25, -0.2) is 0 Å². The monoisotopic (exact) mass is 340 g/mol. The Morgan fingerprint density at radius 2 is 1.76 bits per heavy atom. The van der Waals surface area contributed by atoms with Gasteiger partial charge in [-0.05, 0) is 48.4 Å². The molecule has 5 heteroatoms. The molecule has 0 radical (unpaired) electrons. The lowest BCUT2D eigenvalue weighted by Gasteiger charge is -2.28. The molecule has 132 valence electrons. The van der Waals surface area contributed by atoms with Crippen molar-refractivity contribution in [3.63, 3.8) is 0 Å². The molecule has 2 aromatic rings. The highest BCUT2D eigenvalue weighted by molar-refractivity contribution is 5.94. The third-order valence-electron chi connectivity index (χ3n) is 4.36. The van der Waals surface area contributed by atoms with Crippen LogP contribution in [-0.2, 0) is 11.2 Å². The van der Waals surface area contributed by atoms with Crippen LogP contribution in [0.4, 0.5) is 5.69 Å². The van der Waals surface area contributed by atoms with Crippen molar-refractivity contribution in [1.82, 2.24) is 5.32 Å². The molecule has 0 unspecified atom stereocenters. The average molecular weight is 340 g/mol. The van der Waals surface area contributed by atoms with Gasteiger partial charge in [-0.2, -0.15) is 0 Å². The second-order valence-corrected chi connectivity index (χ2v) is 6.00. The van der Waals surface area contributed by atoms with Crippen LogP contribution in [0.15, 0.2) is 48.5 Å². The zero-order valence-electron chi connectivity index (χ0n) is 14.5. The van der Waals surface area contributed by atoms with Crippen molar-refractivity contribution in [2.24, 2.45) is 0 Å². The molecule has 25 heavy (non-hydrogen) atoms. The summed E-state index contributed by atoms with van der Waals surface area (Å²) in [5, 5.41) is 2.97. The maximum Gasteiger partial charge on any atom is 0.251 e. The van der Waals surface area contributed by atoms with Crippen molar-refractivity contribution < 1.29 is 14.3 Å². The Bertz CT molecular complexity index is 677. The minimum Gasteiger partial charge on any atom is -0.497 e. The van der Waals surface area contributed by atoms with Gasteiger partial charge in [-0.1, -0.05) is 12.1 Å². The molecule has 0 aromatic heterocycles. The Hall–Kier alpha value is -2.53. The Balaban J connectivity index is 1.48. The molecule has 5 nitrogen and oxygen atoms in total. The number of methoxy groups -OCH3 is 1. The second-order valence-electron chi connectivity index (χ2n) is 6.00. The smallest absolute Gasteiger partial charge is 0.251 e. The summed E-state index contributed by atoms with van der Waals surface area (Å²) in [6.45, 7) is 3.92. The number of hydrogen-bond acceptors (Lipinski definition) is 4. The molecule has 1 aliphatic heterocycles. The molecule has 3 rings (SSSR count). The number of rotatable bonds is 6. The van der Waals surface area contributed by atoms with Gasteiger partial charge < -0.3 is 19.7 Å². The molecule has 0 atom stereocenters. The van der Waals surface area contributed by atoms with E-state index >= 15 is 0 Å². The van der Waals surface area contributed by atoms with Gasteiger partial charge in [-0.3, -0.25) is 4.79 Å². The van der Waals surface area contributed by atoms with Gasteiger partial charge in [0.25, 0.3) is 5.91 Å². The number of benzene rings is 2. The van der Waals surface area contributed by atoms with Gasteiger partial charge in [0.05, 0.1) is 20.3 Å². The highest BCUT2D eigenvalue weighted by Gasteiger charge is 2.12. The number of nitrogens with zero attached hydrogens (tertiary/aromatic N) is 1. The largest absolute Gasteiger partial charge is 0.497 e. The van der Waals surface area contributed by atoms with E-state index in [2.05, 4.69) is 10.2 Å². The number of carbonyl (C=O) groups excluding carboxylic acids is 1. The second kappa shape index (κ2) is 8.53. The molecule has 0 spiro atoms. The standard InChI is InChI=1S/C20H24N2O3/c1-24-19-8-2-16(3-9-19)10-11-21-20(23)17-4-6-18(7-5-17)22-12-14-25-15-13-22/h2-9H,10-15H2,1H3,(H,21,23). The average Bonchev–Trinajstić information content (AvgIpc) is 2.69. The highest BCUT2D eigenvalue weighted by atomic mass is 16.5. The van der Waals surface area contributed by atoms with Gasteiger partial charge in [-0.15, -0.1) is 0 Å². The third-order valence-corrected chi connectivity index (χ3v) is 4.36. The molecular formula is C20H24N2O3. The summed E-state index contributed by atoms with van der Waals surface area (Å²) in [6, 6.07) is 15.7. The molecule has 0 aliphatic carbocycles. The normalized spacial score (nSPS) is 14.2. The van der Waals surface area contributed by atoms with Crippen molar-refractivity contribution in [1.29, 1.82) is 0 Å². The van der Waals surface area contributed by atoms with Gasteiger partial charge >= 0.3 is 0 Å². The maximum atomic E-state index is 12.3. The van der Waals surface area contributed by atoms with Crippen molar-refractivity contribution in [2.75, 3.05) is 44.9 Å². The number of amides is 1. The number of carbonyl (C=O) groups is 1. The first-order chi connectivity index (χ1) is 12.3. The number of nitrogens with one attached hydrogen (secondary N) is 1. The van der Waals surface area contributed by atoms with E-state index in [0.29, 0.717) is 12.1 Å². The fourth-order valence-electron chi connectivity index (χ4n) is 2.86. The molecule has 0 bridgehead atoms. The van der Waals surface area contributed by atoms with Gasteiger partial charge in [0.1, 0.15) is 5.75 Å². The molecule has 1 fully saturated rings. The van der Waals surface area contributed by atoms with Crippen LogP contribution in [0.2, 0.25) is 0 Å². The minimum atomic E-state index is -0.0398. The highest BCUT2D eigenvalue weighted by Crippen LogP contribution is 2.16. The zero-order chi connectivity index (χ0) is 17.5. The summed E-state index contributed by atoms with van der Waals surface area (Å²) < 4.78 is 10.5. The maximum absolute atomic E-state index is 12.3. The van der Waals surface area contributed by atoms with E-state index in [4.69, 9.17) is 9.47 Å². The van der Waals surface area contributed by atoms with E-state index in [1.54, 1.807) is 7.11 Å². The fraction of sp³-hybridized carbons (Fsp3) is 0.350. The molecule has 1 amide bonds. The van der Waals surface area contributed by atoms with E-state index in [-0.39, 0.29) is 5.91 Å². The molecule has 1 N–H and O–H groups in total. The molecule has 1 saturated heterocycles. The van der Waals surface area contributed by atoms with E-state index in [9.17, 15) is 4.79 Å². The van der Waals surface area contributed by atoms with E-state index in [1.807, 2.05) is 48.5 Å². The van der Waals surface area contributed by atoms with Crippen molar-refractivity contribution in [3.8, 4) is 5.75 Å². The lowest BCUT2D eigenvalue weighted by molar-refractivity contribution is 0.0954. The molecule has 0 saturated carbocycles. The fourth-order valence-corrected chi connectivity index (χ4v) is 2.86. The van der Waals surface area contributed by atoms with Crippen molar-refractivity contribution in [2.45, 2.75) is 6.42 Å². The Kier molecular flexibility index (Phi) is 5.90. The number of ether oxygens (including phenoxy) is 2. The van der Waals surface area contributed by atoms with Crippen LogP contribution in [0, 0.1) is 0 Å². The minimum absolute atomic E-state index is 0.0398. The number of morpholine rings is 1. The predicted molar refractivity (Wildman–Crippen MR) is 98.5 cm³/mol. The Morgan fingerprint density at radius 3 is 2.40 bits per heavy atom. The zero-order valence-corrected chi connectivity index (χ0v) is 14.5.